The fraction of sp³-hybridized carbons (Fsp3) is 0.714. The Labute approximate surface area is 70.2 Å². The maximum absolute atomic E-state index is 5.11. The van der Waals surface area contributed by atoms with Gasteiger partial charge in [0, 0.05) is 5.75 Å². The zero-order chi connectivity index (χ0) is 7.07. The van der Waals surface area contributed by atoms with Gasteiger partial charge in [-0.05, 0) is 25.3 Å². The van der Waals surface area contributed by atoms with Crippen molar-refractivity contribution in [3.05, 3.63) is 12.3 Å². The summed E-state index contributed by atoms with van der Waals surface area (Å²) in [7, 11) is 1.79. The fourth-order valence-corrected chi connectivity index (χ4v) is 2.22. The van der Waals surface area contributed by atoms with Gasteiger partial charge in [0.1, 0.15) is 11.1 Å². The van der Waals surface area contributed by atoms with Gasteiger partial charge in [-0.1, -0.05) is 17.2 Å². The molecule has 0 N–H and O–H groups in total. The van der Waals surface area contributed by atoms with Crippen LogP contribution in [0.1, 0.15) is 25.7 Å². The van der Waals surface area contributed by atoms with E-state index < -0.39 is 0 Å². The Balaban J connectivity index is 2.13. The van der Waals surface area contributed by atoms with Crippen molar-refractivity contribution in [1.29, 1.82) is 0 Å². The van der Waals surface area contributed by atoms with Crippen LogP contribution in [-0.2, 0) is 4.18 Å². The van der Waals surface area contributed by atoms with Gasteiger partial charge in [-0.15, -0.1) is 0 Å². The number of hydrogen-bond donors (Lipinski definition) is 0. The maximum atomic E-state index is 5.11. The highest BCUT2D eigenvalue weighted by atomic mass is 33.1. The quantitative estimate of drug-likeness (QED) is 0.413. The molecule has 0 fully saturated rings. The Morgan fingerprint density at radius 1 is 1.20 bits per heavy atom. The van der Waals surface area contributed by atoms with E-state index in [1.807, 2.05) is 0 Å². The first-order valence-electron chi connectivity index (χ1n) is 3.60. The average Bonchev–Trinajstić information content (AvgIpc) is 2.01. The van der Waals surface area contributed by atoms with Gasteiger partial charge >= 0.3 is 0 Å². The summed E-state index contributed by atoms with van der Waals surface area (Å²) < 4.78 is 5.11. The molecule has 0 saturated carbocycles. The second kappa shape index (κ2) is 5.98. The second-order valence-corrected chi connectivity index (χ2v) is 4.30. The molecular formula is C7H12OS2. The van der Waals surface area contributed by atoms with Crippen molar-refractivity contribution in [2.45, 2.75) is 25.7 Å². The second-order valence-electron chi connectivity index (χ2n) is 2.21. The molecular weight excluding hydrogens is 164 g/mol. The van der Waals surface area contributed by atoms with E-state index in [4.69, 9.17) is 4.18 Å². The lowest BCUT2D eigenvalue weighted by Gasteiger charge is -2.01. The van der Waals surface area contributed by atoms with Gasteiger partial charge in [0.2, 0.25) is 0 Å². The molecule has 0 aromatic carbocycles. The van der Waals surface area contributed by atoms with Crippen LogP contribution in [0, 0.1) is 0 Å². The van der Waals surface area contributed by atoms with Crippen LogP contribution in [0.2, 0.25) is 0 Å². The minimum Gasteiger partial charge on any atom is -0.422 e. The minimum absolute atomic E-state index is 1.17. The van der Waals surface area contributed by atoms with Gasteiger partial charge in [-0.2, -0.15) is 0 Å². The van der Waals surface area contributed by atoms with E-state index in [1.165, 1.54) is 42.5 Å². The van der Waals surface area contributed by atoms with Gasteiger partial charge < -0.3 is 4.18 Å². The Kier molecular flexibility index (Phi) is 4.99. The Morgan fingerprint density at radius 3 is 3.20 bits per heavy atom. The highest BCUT2D eigenvalue weighted by Gasteiger charge is 1.93. The van der Waals surface area contributed by atoms with Crippen LogP contribution in [0.4, 0.5) is 0 Å². The molecule has 1 rings (SSSR count). The molecule has 1 aliphatic rings. The van der Waals surface area contributed by atoms with Crippen LogP contribution in [0.5, 0.6) is 0 Å². The maximum Gasteiger partial charge on any atom is 0.125 e. The highest BCUT2D eigenvalue weighted by Crippen LogP contribution is 2.25. The van der Waals surface area contributed by atoms with E-state index >= 15 is 0 Å². The normalized spacial score (nSPS) is 24.8. The van der Waals surface area contributed by atoms with Gasteiger partial charge in [-0.25, -0.2) is 0 Å². The molecule has 0 amide bonds. The first-order chi connectivity index (χ1) is 5.00. The summed E-state index contributed by atoms with van der Waals surface area (Å²) in [5.41, 5.74) is 0. The SMILES string of the molecule is C1=C\OSSCCCCC/1. The van der Waals surface area contributed by atoms with Crippen molar-refractivity contribution in [3.63, 3.8) is 0 Å². The summed E-state index contributed by atoms with van der Waals surface area (Å²) in [6.07, 6.45) is 9.06. The zero-order valence-electron chi connectivity index (χ0n) is 5.91. The number of rotatable bonds is 0. The van der Waals surface area contributed by atoms with Gasteiger partial charge in [0.15, 0.2) is 0 Å². The summed E-state index contributed by atoms with van der Waals surface area (Å²) in [5, 5.41) is 0. The van der Waals surface area contributed by atoms with Gasteiger partial charge in [0.25, 0.3) is 0 Å². The molecule has 0 saturated heterocycles. The molecule has 10 heavy (non-hydrogen) atoms. The molecule has 0 radical (unpaired) electrons. The van der Waals surface area contributed by atoms with Crippen molar-refractivity contribution in [2.24, 2.45) is 0 Å². The van der Waals surface area contributed by atoms with Gasteiger partial charge in [0.05, 0.1) is 6.26 Å². The smallest absolute Gasteiger partial charge is 0.125 e. The summed E-state index contributed by atoms with van der Waals surface area (Å²) in [5.74, 6) is 1.22. The van der Waals surface area contributed by atoms with E-state index in [2.05, 4.69) is 6.08 Å². The van der Waals surface area contributed by atoms with Crippen LogP contribution in [0.3, 0.4) is 0 Å². The van der Waals surface area contributed by atoms with Crippen LogP contribution in [0.25, 0.3) is 0 Å². The predicted octanol–water partition coefficient (Wildman–Crippen LogP) is 3.39. The number of allylic oxidation sites excluding steroid dienone is 1. The van der Waals surface area contributed by atoms with Crippen LogP contribution < -0.4 is 0 Å². The van der Waals surface area contributed by atoms with E-state index in [9.17, 15) is 0 Å². The molecule has 0 spiro atoms. The third-order valence-electron chi connectivity index (χ3n) is 1.34. The molecule has 0 aliphatic carbocycles. The van der Waals surface area contributed by atoms with Crippen molar-refractivity contribution in [2.75, 3.05) is 5.75 Å². The fourth-order valence-electron chi connectivity index (χ4n) is 0.792. The zero-order valence-corrected chi connectivity index (χ0v) is 7.55. The van der Waals surface area contributed by atoms with E-state index in [0.717, 1.165) is 0 Å². The Bertz CT molecular complexity index is 91.8. The molecule has 0 aromatic heterocycles. The molecule has 0 aromatic rings. The highest BCUT2D eigenvalue weighted by molar-refractivity contribution is 8.74. The third-order valence-corrected chi connectivity index (χ3v) is 3.10. The van der Waals surface area contributed by atoms with Crippen molar-refractivity contribution >= 4 is 21.9 Å². The third kappa shape index (κ3) is 4.12. The predicted molar refractivity (Wildman–Crippen MR) is 48.7 cm³/mol. The van der Waals surface area contributed by atoms with E-state index in [0.29, 0.717) is 0 Å². The lowest BCUT2D eigenvalue weighted by Crippen LogP contribution is -1.80. The molecule has 1 nitrogen and oxygen atoms in total. The molecule has 0 unspecified atom stereocenters. The topological polar surface area (TPSA) is 9.23 Å². The van der Waals surface area contributed by atoms with E-state index in [1.54, 1.807) is 17.1 Å². The molecule has 1 aliphatic heterocycles. The number of hydrogen-bond acceptors (Lipinski definition) is 3. The van der Waals surface area contributed by atoms with Crippen LogP contribution >= 0.6 is 21.9 Å². The average molecular weight is 176 g/mol. The largest absolute Gasteiger partial charge is 0.422 e. The monoisotopic (exact) mass is 176 g/mol. The van der Waals surface area contributed by atoms with Crippen molar-refractivity contribution in [3.8, 4) is 0 Å². The Hall–Kier alpha value is 0.240. The molecule has 1 heterocycles. The molecule has 3 heteroatoms. The summed E-state index contributed by atoms with van der Waals surface area (Å²) in [6, 6.07) is 0. The Morgan fingerprint density at radius 2 is 2.20 bits per heavy atom. The minimum atomic E-state index is 1.17. The lowest BCUT2D eigenvalue weighted by atomic mass is 10.2. The van der Waals surface area contributed by atoms with Crippen LogP contribution in [-0.4, -0.2) is 5.75 Å². The summed E-state index contributed by atoms with van der Waals surface area (Å²) in [6.45, 7) is 0. The molecule has 0 bridgehead atoms. The first kappa shape index (κ1) is 8.34. The summed E-state index contributed by atoms with van der Waals surface area (Å²) in [4.78, 5) is 0. The van der Waals surface area contributed by atoms with Crippen molar-refractivity contribution in [1.82, 2.24) is 0 Å². The standard InChI is InChI=1S/C7H12OS2/c1-2-4-6-8-10-9-7-5-3-1/h4,6H,1-3,5,7H2/b6-4-. The first-order valence-corrected chi connectivity index (χ1v) is 5.84. The molecule has 0 atom stereocenters. The van der Waals surface area contributed by atoms with E-state index in [-0.39, 0.29) is 0 Å². The van der Waals surface area contributed by atoms with Crippen LogP contribution in [0.15, 0.2) is 12.3 Å². The molecule has 58 valence electrons. The summed E-state index contributed by atoms with van der Waals surface area (Å²) >= 11 is 1.48. The lowest BCUT2D eigenvalue weighted by molar-refractivity contribution is 0.567. The van der Waals surface area contributed by atoms with Gasteiger partial charge in [-0.3, -0.25) is 0 Å². The van der Waals surface area contributed by atoms with Crippen molar-refractivity contribution < 1.29 is 4.18 Å².